The van der Waals surface area contributed by atoms with Crippen molar-refractivity contribution in [1.82, 2.24) is 24.5 Å². The topological polar surface area (TPSA) is 101 Å². The van der Waals surface area contributed by atoms with E-state index in [0.29, 0.717) is 30.9 Å². The summed E-state index contributed by atoms with van der Waals surface area (Å²) in [6, 6.07) is 21.2. The van der Waals surface area contributed by atoms with Gasteiger partial charge in [0.05, 0.1) is 48.0 Å². The molecule has 240 valence electrons. The Morgan fingerprint density at radius 1 is 0.660 bits per heavy atom. The molecule has 7 rings (SSSR count). The highest BCUT2D eigenvalue weighted by Gasteiger charge is 2.26. The average Bonchev–Trinajstić information content (AvgIpc) is 3.68. The van der Waals surface area contributed by atoms with Gasteiger partial charge in [-0.3, -0.25) is 4.68 Å². The van der Waals surface area contributed by atoms with E-state index < -0.39 is 0 Å². The average molecular weight is 630 g/mol. The molecule has 2 aliphatic carbocycles. The summed E-state index contributed by atoms with van der Waals surface area (Å²) >= 11 is 0. The molecule has 3 heterocycles. The fraction of sp³-hybridized carbons (Fsp3) is 0.342. The summed E-state index contributed by atoms with van der Waals surface area (Å²) in [4.78, 5) is 29.6. The Morgan fingerprint density at radius 3 is 1.81 bits per heavy atom. The van der Waals surface area contributed by atoms with Crippen LogP contribution in [-0.2, 0) is 41.7 Å². The summed E-state index contributed by atoms with van der Waals surface area (Å²) < 4.78 is 14.5. The third-order valence-corrected chi connectivity index (χ3v) is 9.09. The minimum Gasteiger partial charge on any atom is -0.462 e. The van der Waals surface area contributed by atoms with E-state index in [0.717, 1.165) is 85.4 Å². The molecule has 9 heteroatoms. The van der Waals surface area contributed by atoms with E-state index in [9.17, 15) is 9.59 Å². The number of fused-ring (bicyclic) bond motifs is 2. The Balaban J connectivity index is 1.21. The summed E-state index contributed by atoms with van der Waals surface area (Å²) in [5.41, 5.74) is 11.6. The quantitative estimate of drug-likeness (QED) is 0.163. The molecule has 9 nitrogen and oxygen atoms in total. The molecular weight excluding hydrogens is 590 g/mol. The van der Waals surface area contributed by atoms with Crippen LogP contribution >= 0.6 is 0 Å². The van der Waals surface area contributed by atoms with Crippen molar-refractivity contribution in [3.63, 3.8) is 0 Å². The van der Waals surface area contributed by atoms with E-state index in [2.05, 4.69) is 16.8 Å². The van der Waals surface area contributed by atoms with Gasteiger partial charge in [0, 0.05) is 22.5 Å². The summed E-state index contributed by atoms with van der Waals surface area (Å²) in [5.74, 6) is -0.624. The molecule has 0 saturated heterocycles. The predicted molar refractivity (Wildman–Crippen MR) is 179 cm³/mol. The number of ether oxygens (including phenoxy) is 2. The number of benzene rings is 2. The van der Waals surface area contributed by atoms with Gasteiger partial charge in [0.2, 0.25) is 0 Å². The molecule has 0 amide bonds. The van der Waals surface area contributed by atoms with Crippen LogP contribution < -0.4 is 0 Å². The third-order valence-electron chi connectivity index (χ3n) is 9.09. The van der Waals surface area contributed by atoms with Crippen molar-refractivity contribution in [3.05, 3.63) is 106 Å². The number of nitrogens with zero attached hydrogens (tertiary/aromatic N) is 5. The normalized spacial score (nSPS) is 13.9. The van der Waals surface area contributed by atoms with E-state index in [-0.39, 0.29) is 11.9 Å². The monoisotopic (exact) mass is 629 g/mol. The highest BCUT2D eigenvalue weighted by molar-refractivity contribution is 5.90. The van der Waals surface area contributed by atoms with Crippen molar-refractivity contribution >= 4 is 11.9 Å². The van der Waals surface area contributed by atoms with Crippen molar-refractivity contribution in [2.24, 2.45) is 0 Å². The number of pyridine rings is 1. The van der Waals surface area contributed by atoms with Crippen molar-refractivity contribution in [2.75, 3.05) is 13.2 Å². The lowest BCUT2D eigenvalue weighted by Crippen LogP contribution is -2.10. The fourth-order valence-electron chi connectivity index (χ4n) is 6.81. The maximum absolute atomic E-state index is 12.2. The summed E-state index contributed by atoms with van der Waals surface area (Å²) in [7, 11) is 0. The van der Waals surface area contributed by atoms with Gasteiger partial charge >= 0.3 is 11.9 Å². The smallest absolute Gasteiger partial charge is 0.338 e. The first-order valence-corrected chi connectivity index (χ1v) is 16.7. The summed E-state index contributed by atoms with van der Waals surface area (Å²) in [6.45, 7) is 4.94. The van der Waals surface area contributed by atoms with Crippen molar-refractivity contribution in [2.45, 2.75) is 71.8 Å². The molecule has 3 aromatic heterocycles. The van der Waals surface area contributed by atoms with Crippen molar-refractivity contribution in [1.29, 1.82) is 0 Å². The molecule has 0 spiro atoms. The molecule has 0 N–H and O–H groups in total. The molecule has 0 atom stereocenters. The van der Waals surface area contributed by atoms with E-state index in [1.54, 1.807) is 12.1 Å². The molecule has 2 aliphatic rings. The lowest BCUT2D eigenvalue weighted by atomic mass is 9.93. The Hall–Kier alpha value is -5.05. The van der Waals surface area contributed by atoms with Gasteiger partial charge in [-0.2, -0.15) is 10.2 Å². The SMILES string of the molecule is CCOC(=O)c1ccc(Cn2nc(-c3cccc(-c4nn(-c5ccc(C(=O)OCC)cc5)c5c4CCCC5)n3)c3c2CCCC3)cc1. The standard InChI is InChI=1S/C38H39N5O4/c1-3-46-37(44)26-18-16-25(17-19-26)24-42-33-14-7-5-10-29(33)35(40-42)31-12-9-13-32(39-31)36-30-11-6-8-15-34(30)43(41-36)28-22-20-27(21-23-28)38(45)47-4-2/h9,12-13,16-23H,3-8,10-11,14-15,24H2,1-2H3. The van der Waals surface area contributed by atoms with Gasteiger partial charge in [-0.05, 0) is 119 Å². The molecule has 0 saturated carbocycles. The first-order valence-electron chi connectivity index (χ1n) is 16.7. The van der Waals surface area contributed by atoms with E-state index in [1.807, 2.05) is 61.0 Å². The predicted octanol–water partition coefficient (Wildman–Crippen LogP) is 6.96. The van der Waals surface area contributed by atoms with Crippen LogP contribution in [0, 0.1) is 0 Å². The number of aromatic nitrogens is 5. The highest BCUT2D eigenvalue weighted by Crippen LogP contribution is 2.35. The number of carbonyl (C=O) groups excluding carboxylic acids is 2. The van der Waals surface area contributed by atoms with Gasteiger partial charge in [-0.15, -0.1) is 0 Å². The van der Waals surface area contributed by atoms with Gasteiger partial charge in [-0.1, -0.05) is 18.2 Å². The van der Waals surface area contributed by atoms with Crippen molar-refractivity contribution in [3.8, 4) is 28.5 Å². The molecular formula is C38H39N5O4. The molecule has 0 fully saturated rings. The second-order valence-electron chi connectivity index (χ2n) is 12.1. The zero-order valence-electron chi connectivity index (χ0n) is 27.0. The first-order chi connectivity index (χ1) is 23.0. The summed E-state index contributed by atoms with van der Waals surface area (Å²) in [6.07, 6.45) is 8.36. The zero-order chi connectivity index (χ0) is 32.3. The second-order valence-corrected chi connectivity index (χ2v) is 12.1. The largest absolute Gasteiger partial charge is 0.462 e. The summed E-state index contributed by atoms with van der Waals surface area (Å²) in [5, 5.41) is 10.3. The van der Waals surface area contributed by atoms with E-state index in [1.165, 1.54) is 22.5 Å². The van der Waals surface area contributed by atoms with Crippen LogP contribution in [0.4, 0.5) is 0 Å². The molecule has 47 heavy (non-hydrogen) atoms. The number of rotatable bonds is 9. The van der Waals surface area contributed by atoms with Crippen LogP contribution in [-0.4, -0.2) is 49.7 Å². The number of esters is 2. The van der Waals surface area contributed by atoms with Crippen LogP contribution in [0.1, 0.15) is 88.3 Å². The number of hydrogen-bond donors (Lipinski definition) is 0. The van der Waals surface area contributed by atoms with Gasteiger partial charge < -0.3 is 9.47 Å². The van der Waals surface area contributed by atoms with Gasteiger partial charge in [0.1, 0.15) is 11.4 Å². The highest BCUT2D eigenvalue weighted by atomic mass is 16.5. The lowest BCUT2D eigenvalue weighted by Gasteiger charge is -2.15. The molecule has 2 aromatic carbocycles. The maximum atomic E-state index is 12.2. The van der Waals surface area contributed by atoms with Gasteiger partial charge in [0.15, 0.2) is 0 Å². The van der Waals surface area contributed by atoms with E-state index in [4.69, 9.17) is 24.7 Å². The molecule has 0 aliphatic heterocycles. The fourth-order valence-corrected chi connectivity index (χ4v) is 6.81. The second kappa shape index (κ2) is 13.4. The molecule has 0 bridgehead atoms. The van der Waals surface area contributed by atoms with Gasteiger partial charge in [0.25, 0.3) is 0 Å². The number of carbonyl (C=O) groups is 2. The minimum absolute atomic E-state index is 0.304. The first kappa shape index (κ1) is 30.6. The van der Waals surface area contributed by atoms with Crippen LogP contribution in [0.5, 0.6) is 0 Å². The van der Waals surface area contributed by atoms with Crippen LogP contribution in [0.15, 0.2) is 66.7 Å². The Labute approximate surface area is 274 Å². The molecule has 0 unspecified atom stereocenters. The van der Waals surface area contributed by atoms with E-state index >= 15 is 0 Å². The molecule has 5 aromatic rings. The van der Waals surface area contributed by atoms with Crippen LogP contribution in [0.25, 0.3) is 28.5 Å². The van der Waals surface area contributed by atoms with Crippen molar-refractivity contribution < 1.29 is 19.1 Å². The van der Waals surface area contributed by atoms with Crippen LogP contribution in [0.3, 0.4) is 0 Å². The Bertz CT molecular complexity index is 1920. The lowest BCUT2D eigenvalue weighted by molar-refractivity contribution is 0.0516. The Kier molecular flexibility index (Phi) is 8.70. The minimum atomic E-state index is -0.320. The maximum Gasteiger partial charge on any atom is 0.338 e. The van der Waals surface area contributed by atoms with Gasteiger partial charge in [-0.25, -0.2) is 19.3 Å². The Morgan fingerprint density at radius 2 is 1.19 bits per heavy atom. The zero-order valence-corrected chi connectivity index (χ0v) is 27.0. The number of hydrogen-bond acceptors (Lipinski definition) is 7. The van der Waals surface area contributed by atoms with Crippen LogP contribution in [0.2, 0.25) is 0 Å². The molecule has 0 radical (unpaired) electrons. The third kappa shape index (κ3) is 6.10.